The van der Waals surface area contributed by atoms with Crippen LogP contribution in [0.3, 0.4) is 0 Å². The average Bonchev–Trinajstić information content (AvgIpc) is 3.27. The van der Waals surface area contributed by atoms with Gasteiger partial charge in [-0.25, -0.2) is 0 Å². The Morgan fingerprint density at radius 1 is 1.12 bits per heavy atom. The van der Waals surface area contributed by atoms with Gasteiger partial charge in [-0.15, -0.1) is 0 Å². The topological polar surface area (TPSA) is 60.0 Å². The lowest BCUT2D eigenvalue weighted by molar-refractivity contribution is -0.123. The zero-order valence-electron chi connectivity index (χ0n) is 16.8. The summed E-state index contributed by atoms with van der Waals surface area (Å²) in [5.41, 5.74) is 0. The van der Waals surface area contributed by atoms with Gasteiger partial charge in [0.2, 0.25) is 5.91 Å². The van der Waals surface area contributed by atoms with Crippen LogP contribution in [-0.4, -0.2) is 73.5 Å². The lowest BCUT2D eigenvalue weighted by Crippen LogP contribution is -2.55. The van der Waals surface area contributed by atoms with E-state index in [1.54, 1.807) is 0 Å². The van der Waals surface area contributed by atoms with Gasteiger partial charge in [-0.3, -0.25) is 14.7 Å². The largest absolute Gasteiger partial charge is 0.357 e. The highest BCUT2D eigenvalue weighted by molar-refractivity contribution is 5.80. The zero-order valence-corrected chi connectivity index (χ0v) is 16.8. The molecule has 26 heavy (non-hydrogen) atoms. The minimum atomic E-state index is 0.0335. The van der Waals surface area contributed by atoms with Gasteiger partial charge in [0.25, 0.3) is 0 Å². The van der Waals surface area contributed by atoms with E-state index in [0.29, 0.717) is 13.1 Å². The molecular weight excluding hydrogens is 326 g/mol. The fourth-order valence-electron chi connectivity index (χ4n) is 4.89. The lowest BCUT2D eigenvalue weighted by atomic mass is 9.93. The Morgan fingerprint density at radius 3 is 2.46 bits per heavy atom. The normalized spacial score (nSPS) is 29.5. The number of amides is 1. The van der Waals surface area contributed by atoms with E-state index >= 15 is 0 Å². The molecule has 3 unspecified atom stereocenters. The second-order valence-electron chi connectivity index (χ2n) is 8.45. The monoisotopic (exact) mass is 363 g/mol. The summed E-state index contributed by atoms with van der Waals surface area (Å²) in [6, 6.07) is 0.849. The summed E-state index contributed by atoms with van der Waals surface area (Å²) in [6.07, 6.45) is 5.86. The summed E-state index contributed by atoms with van der Waals surface area (Å²) < 4.78 is 0. The second kappa shape index (κ2) is 9.07. The van der Waals surface area contributed by atoms with Crippen LogP contribution in [0.5, 0.6) is 0 Å². The summed E-state index contributed by atoms with van der Waals surface area (Å²) >= 11 is 0. The van der Waals surface area contributed by atoms with Crippen LogP contribution in [-0.2, 0) is 4.79 Å². The number of carbonyl (C=O) groups excluding carboxylic acids is 1. The third-order valence-corrected chi connectivity index (χ3v) is 6.32. The molecule has 6 nitrogen and oxygen atoms in total. The van der Waals surface area contributed by atoms with Crippen LogP contribution in [0.4, 0.5) is 0 Å². The number of piperazine rings is 1. The van der Waals surface area contributed by atoms with E-state index in [1.165, 1.54) is 25.7 Å². The Kier molecular flexibility index (Phi) is 6.79. The number of aliphatic imine (C=N–C) groups is 1. The predicted octanol–water partition coefficient (Wildman–Crippen LogP) is 1.53. The molecule has 3 aliphatic rings. The van der Waals surface area contributed by atoms with E-state index in [0.717, 1.165) is 56.6 Å². The molecule has 3 atom stereocenters. The standard InChI is InChI=1S/C20H37N5O/c1-4-21-20(23-8-7-22-19(26)15(2)3)25-11-9-24(10-12-25)18-14-16-5-6-17(18)13-16/h15-18H,4-14H2,1-3H3,(H,21,23)(H,22,26). The maximum atomic E-state index is 11.6. The molecular formula is C20H37N5O. The molecule has 2 N–H and O–H groups in total. The number of hydrogen-bond acceptors (Lipinski definition) is 3. The highest BCUT2D eigenvalue weighted by Crippen LogP contribution is 2.46. The fourth-order valence-corrected chi connectivity index (χ4v) is 4.89. The number of fused-ring (bicyclic) bond motifs is 2. The van der Waals surface area contributed by atoms with Crippen LogP contribution in [0, 0.1) is 17.8 Å². The Labute approximate surface area is 158 Å². The molecule has 3 fully saturated rings. The van der Waals surface area contributed by atoms with Gasteiger partial charge in [0.1, 0.15) is 0 Å². The number of guanidine groups is 1. The van der Waals surface area contributed by atoms with Crippen molar-refractivity contribution in [1.29, 1.82) is 0 Å². The molecule has 0 aromatic rings. The van der Waals surface area contributed by atoms with E-state index in [9.17, 15) is 4.79 Å². The fraction of sp³-hybridized carbons (Fsp3) is 0.900. The van der Waals surface area contributed by atoms with Crippen molar-refractivity contribution in [3.05, 3.63) is 0 Å². The van der Waals surface area contributed by atoms with Crippen LogP contribution in [0.2, 0.25) is 0 Å². The molecule has 6 heteroatoms. The van der Waals surface area contributed by atoms with Crippen LogP contribution >= 0.6 is 0 Å². The molecule has 2 bridgehead atoms. The van der Waals surface area contributed by atoms with Gasteiger partial charge in [-0.1, -0.05) is 20.3 Å². The minimum absolute atomic E-state index is 0.0335. The minimum Gasteiger partial charge on any atom is -0.357 e. The summed E-state index contributed by atoms with van der Waals surface area (Å²) in [5.74, 6) is 3.12. The molecule has 1 saturated heterocycles. The van der Waals surface area contributed by atoms with Gasteiger partial charge >= 0.3 is 0 Å². The highest BCUT2D eigenvalue weighted by atomic mass is 16.1. The van der Waals surface area contributed by atoms with Crippen LogP contribution in [0.15, 0.2) is 4.99 Å². The van der Waals surface area contributed by atoms with E-state index in [2.05, 4.69) is 27.4 Å². The number of nitrogens with one attached hydrogen (secondary N) is 2. The van der Waals surface area contributed by atoms with Gasteiger partial charge in [0, 0.05) is 51.2 Å². The molecule has 0 aromatic heterocycles. The predicted molar refractivity (Wildman–Crippen MR) is 106 cm³/mol. The zero-order chi connectivity index (χ0) is 18.5. The van der Waals surface area contributed by atoms with Gasteiger partial charge in [-0.05, 0) is 38.0 Å². The molecule has 3 rings (SSSR count). The number of rotatable bonds is 6. The third-order valence-electron chi connectivity index (χ3n) is 6.32. The van der Waals surface area contributed by atoms with E-state index in [1.807, 2.05) is 13.8 Å². The van der Waals surface area contributed by atoms with E-state index < -0.39 is 0 Å². The second-order valence-corrected chi connectivity index (χ2v) is 8.45. The SMILES string of the molecule is CCNC(=NCCNC(=O)C(C)C)N1CCN(C2CC3CCC2C3)CC1. The van der Waals surface area contributed by atoms with E-state index in [-0.39, 0.29) is 11.8 Å². The summed E-state index contributed by atoms with van der Waals surface area (Å²) in [7, 11) is 0. The van der Waals surface area contributed by atoms with Crippen molar-refractivity contribution in [3.63, 3.8) is 0 Å². The Morgan fingerprint density at radius 2 is 1.88 bits per heavy atom. The smallest absolute Gasteiger partial charge is 0.222 e. The maximum absolute atomic E-state index is 11.6. The molecule has 2 aliphatic carbocycles. The Balaban J connectivity index is 1.45. The van der Waals surface area contributed by atoms with Crippen LogP contribution in [0.1, 0.15) is 46.5 Å². The first-order valence-corrected chi connectivity index (χ1v) is 10.6. The van der Waals surface area contributed by atoms with Crippen molar-refractivity contribution in [1.82, 2.24) is 20.4 Å². The molecule has 2 saturated carbocycles. The quantitative estimate of drug-likeness (QED) is 0.427. The number of hydrogen-bond donors (Lipinski definition) is 2. The van der Waals surface area contributed by atoms with Gasteiger partial charge < -0.3 is 15.5 Å². The Bertz CT molecular complexity index is 498. The van der Waals surface area contributed by atoms with Crippen LogP contribution < -0.4 is 10.6 Å². The lowest BCUT2D eigenvalue weighted by Gasteiger charge is -2.42. The van der Waals surface area contributed by atoms with Gasteiger partial charge in [-0.2, -0.15) is 0 Å². The molecule has 1 amide bonds. The first kappa shape index (κ1) is 19.5. The molecule has 0 spiro atoms. The average molecular weight is 364 g/mol. The summed E-state index contributed by atoms with van der Waals surface area (Å²) in [5, 5.41) is 6.36. The van der Waals surface area contributed by atoms with Crippen molar-refractivity contribution in [2.45, 2.75) is 52.5 Å². The van der Waals surface area contributed by atoms with Gasteiger partial charge in [0.05, 0.1) is 6.54 Å². The van der Waals surface area contributed by atoms with Crippen molar-refractivity contribution in [2.75, 3.05) is 45.8 Å². The first-order chi connectivity index (χ1) is 12.6. The van der Waals surface area contributed by atoms with Crippen molar-refractivity contribution in [2.24, 2.45) is 22.7 Å². The van der Waals surface area contributed by atoms with Crippen molar-refractivity contribution >= 4 is 11.9 Å². The Hall–Kier alpha value is -1.30. The van der Waals surface area contributed by atoms with Crippen molar-refractivity contribution in [3.8, 4) is 0 Å². The molecule has 0 radical (unpaired) electrons. The number of carbonyl (C=O) groups is 1. The van der Waals surface area contributed by atoms with Crippen LogP contribution in [0.25, 0.3) is 0 Å². The summed E-state index contributed by atoms with van der Waals surface area (Å²) in [6.45, 7) is 12.5. The van der Waals surface area contributed by atoms with Crippen molar-refractivity contribution < 1.29 is 4.79 Å². The summed E-state index contributed by atoms with van der Waals surface area (Å²) in [4.78, 5) is 21.5. The highest BCUT2D eigenvalue weighted by Gasteiger charge is 2.42. The number of nitrogens with zero attached hydrogens (tertiary/aromatic N) is 3. The molecule has 148 valence electrons. The third kappa shape index (κ3) is 4.70. The van der Waals surface area contributed by atoms with E-state index in [4.69, 9.17) is 4.99 Å². The first-order valence-electron chi connectivity index (χ1n) is 10.6. The van der Waals surface area contributed by atoms with Gasteiger partial charge in [0.15, 0.2) is 5.96 Å². The maximum Gasteiger partial charge on any atom is 0.222 e. The molecule has 1 heterocycles. The molecule has 1 aliphatic heterocycles. The molecule has 0 aromatic carbocycles.